The molecule has 2 aliphatic rings. The number of anilines is 1. The number of piperazine rings is 1. The van der Waals surface area contributed by atoms with Crippen molar-refractivity contribution in [1.82, 2.24) is 25.1 Å². The average molecular weight is 354 g/mol. The van der Waals surface area contributed by atoms with Gasteiger partial charge in [0.1, 0.15) is 18.8 Å². The smallest absolute Gasteiger partial charge is 0.233 e. The van der Waals surface area contributed by atoms with Crippen molar-refractivity contribution in [3.8, 4) is 5.88 Å². The standard InChI is InChI=1S/C19H26N6O/c1-15-5-6-19(23-22-15)26-12-11-24-7-9-25(10-8-24)18-13-17(20-14-21-18)16-3-2-4-16/h5-6,13-14,16H,2-4,7-12H2,1H3. The lowest BCUT2D eigenvalue weighted by molar-refractivity contribution is 0.195. The van der Waals surface area contributed by atoms with E-state index in [2.05, 4.69) is 36.0 Å². The molecule has 4 rings (SSSR count). The minimum atomic E-state index is 0.596. The van der Waals surface area contributed by atoms with Crippen LogP contribution >= 0.6 is 0 Å². The predicted octanol–water partition coefficient (Wildman–Crippen LogP) is 2.04. The molecule has 2 aromatic rings. The normalized spacial score (nSPS) is 18.6. The van der Waals surface area contributed by atoms with Gasteiger partial charge in [-0.15, -0.1) is 5.10 Å². The Morgan fingerprint density at radius 3 is 2.62 bits per heavy atom. The van der Waals surface area contributed by atoms with Gasteiger partial charge in [-0.25, -0.2) is 9.97 Å². The summed E-state index contributed by atoms with van der Waals surface area (Å²) in [6.45, 7) is 7.48. The van der Waals surface area contributed by atoms with Crippen LogP contribution in [0.3, 0.4) is 0 Å². The molecule has 0 aromatic carbocycles. The third kappa shape index (κ3) is 4.09. The third-order valence-electron chi connectivity index (χ3n) is 5.32. The zero-order chi connectivity index (χ0) is 17.8. The molecule has 1 aliphatic heterocycles. The van der Waals surface area contributed by atoms with Crippen molar-refractivity contribution in [3.05, 3.63) is 35.9 Å². The fraction of sp³-hybridized carbons (Fsp3) is 0.579. The van der Waals surface area contributed by atoms with Gasteiger partial charge >= 0.3 is 0 Å². The Morgan fingerprint density at radius 1 is 1.08 bits per heavy atom. The van der Waals surface area contributed by atoms with Gasteiger partial charge < -0.3 is 9.64 Å². The first kappa shape index (κ1) is 17.1. The summed E-state index contributed by atoms with van der Waals surface area (Å²) in [6, 6.07) is 5.98. The fourth-order valence-corrected chi connectivity index (χ4v) is 3.41. The van der Waals surface area contributed by atoms with Crippen LogP contribution in [0.2, 0.25) is 0 Å². The first-order chi connectivity index (χ1) is 12.8. The van der Waals surface area contributed by atoms with E-state index < -0.39 is 0 Å². The molecule has 26 heavy (non-hydrogen) atoms. The molecule has 0 amide bonds. The van der Waals surface area contributed by atoms with Crippen LogP contribution in [-0.2, 0) is 0 Å². The van der Waals surface area contributed by atoms with E-state index in [1.54, 1.807) is 6.33 Å². The summed E-state index contributed by atoms with van der Waals surface area (Å²) in [6.07, 6.45) is 5.61. The SMILES string of the molecule is Cc1ccc(OCCN2CCN(c3cc(C4CCC4)ncn3)CC2)nn1. The Balaban J connectivity index is 1.23. The van der Waals surface area contributed by atoms with Crippen LogP contribution in [0.15, 0.2) is 24.5 Å². The average Bonchev–Trinajstić information content (AvgIpc) is 2.63. The van der Waals surface area contributed by atoms with Gasteiger partial charge in [0.05, 0.1) is 5.69 Å². The molecule has 0 atom stereocenters. The zero-order valence-corrected chi connectivity index (χ0v) is 15.3. The van der Waals surface area contributed by atoms with Crippen LogP contribution in [0.5, 0.6) is 5.88 Å². The monoisotopic (exact) mass is 354 g/mol. The van der Waals surface area contributed by atoms with Crippen LogP contribution < -0.4 is 9.64 Å². The first-order valence-corrected chi connectivity index (χ1v) is 9.50. The third-order valence-corrected chi connectivity index (χ3v) is 5.32. The minimum Gasteiger partial charge on any atom is -0.475 e. The summed E-state index contributed by atoms with van der Waals surface area (Å²) in [5.74, 6) is 2.33. The van der Waals surface area contributed by atoms with Gasteiger partial charge in [0, 0.05) is 56.5 Å². The highest BCUT2D eigenvalue weighted by molar-refractivity contribution is 5.40. The van der Waals surface area contributed by atoms with Gasteiger partial charge in [0.25, 0.3) is 0 Å². The van der Waals surface area contributed by atoms with E-state index in [0.29, 0.717) is 18.4 Å². The lowest BCUT2D eigenvalue weighted by Crippen LogP contribution is -2.47. The lowest BCUT2D eigenvalue weighted by Gasteiger charge is -2.35. The molecular weight excluding hydrogens is 328 g/mol. The maximum Gasteiger partial charge on any atom is 0.233 e. The molecule has 7 nitrogen and oxygen atoms in total. The second-order valence-electron chi connectivity index (χ2n) is 7.12. The first-order valence-electron chi connectivity index (χ1n) is 9.50. The van der Waals surface area contributed by atoms with Crippen LogP contribution in [0.4, 0.5) is 5.82 Å². The lowest BCUT2D eigenvalue weighted by atomic mass is 9.83. The molecule has 2 fully saturated rings. The van der Waals surface area contributed by atoms with Gasteiger partial charge in [-0.3, -0.25) is 4.90 Å². The van der Waals surface area contributed by atoms with E-state index in [-0.39, 0.29) is 0 Å². The fourth-order valence-electron chi connectivity index (χ4n) is 3.41. The van der Waals surface area contributed by atoms with Crippen LogP contribution in [0, 0.1) is 6.92 Å². The second kappa shape index (κ2) is 7.95. The number of rotatable bonds is 6. The number of aryl methyl sites for hydroxylation is 1. The van der Waals surface area contributed by atoms with E-state index in [0.717, 1.165) is 44.2 Å². The molecule has 0 bridgehead atoms. The molecule has 1 saturated carbocycles. The number of nitrogens with zero attached hydrogens (tertiary/aromatic N) is 6. The van der Waals surface area contributed by atoms with Crippen molar-refractivity contribution in [2.75, 3.05) is 44.2 Å². The maximum absolute atomic E-state index is 5.69. The van der Waals surface area contributed by atoms with Crippen LogP contribution in [-0.4, -0.2) is 64.4 Å². The Kier molecular flexibility index (Phi) is 5.24. The summed E-state index contributed by atoms with van der Waals surface area (Å²) >= 11 is 0. The molecule has 0 spiro atoms. The van der Waals surface area contributed by atoms with Gasteiger partial charge in [-0.2, -0.15) is 5.10 Å². The summed E-state index contributed by atoms with van der Waals surface area (Å²) < 4.78 is 5.69. The van der Waals surface area contributed by atoms with Gasteiger partial charge in [0.2, 0.25) is 5.88 Å². The molecule has 0 N–H and O–H groups in total. The molecule has 2 aromatic heterocycles. The van der Waals surface area contributed by atoms with E-state index in [1.807, 2.05) is 19.1 Å². The van der Waals surface area contributed by atoms with Gasteiger partial charge in [-0.1, -0.05) is 6.42 Å². The molecule has 138 valence electrons. The summed E-state index contributed by atoms with van der Waals surface area (Å²) in [5, 5.41) is 8.04. The maximum atomic E-state index is 5.69. The largest absolute Gasteiger partial charge is 0.475 e. The molecular formula is C19H26N6O. The Bertz CT molecular complexity index is 710. The van der Waals surface area contributed by atoms with Gasteiger partial charge in [0.15, 0.2) is 0 Å². The number of hydrogen-bond donors (Lipinski definition) is 0. The molecule has 0 radical (unpaired) electrons. The minimum absolute atomic E-state index is 0.596. The highest BCUT2D eigenvalue weighted by Crippen LogP contribution is 2.35. The summed E-state index contributed by atoms with van der Waals surface area (Å²) in [5.41, 5.74) is 2.12. The topological polar surface area (TPSA) is 67.3 Å². The van der Waals surface area contributed by atoms with Crippen molar-refractivity contribution >= 4 is 5.82 Å². The molecule has 3 heterocycles. The van der Waals surface area contributed by atoms with E-state index in [4.69, 9.17) is 4.74 Å². The van der Waals surface area contributed by atoms with Crippen LogP contribution in [0.25, 0.3) is 0 Å². The Hall–Kier alpha value is -2.28. The molecule has 7 heteroatoms. The van der Waals surface area contributed by atoms with Crippen LogP contribution in [0.1, 0.15) is 36.6 Å². The van der Waals surface area contributed by atoms with Crippen molar-refractivity contribution in [2.24, 2.45) is 0 Å². The second-order valence-corrected chi connectivity index (χ2v) is 7.12. The van der Waals surface area contributed by atoms with E-state index >= 15 is 0 Å². The quantitative estimate of drug-likeness (QED) is 0.786. The highest BCUT2D eigenvalue weighted by atomic mass is 16.5. The van der Waals surface area contributed by atoms with Crippen molar-refractivity contribution in [2.45, 2.75) is 32.1 Å². The predicted molar refractivity (Wildman–Crippen MR) is 99.5 cm³/mol. The summed E-state index contributed by atoms with van der Waals surface area (Å²) in [4.78, 5) is 13.8. The highest BCUT2D eigenvalue weighted by Gasteiger charge is 2.23. The number of aromatic nitrogens is 4. The Morgan fingerprint density at radius 2 is 1.92 bits per heavy atom. The van der Waals surface area contributed by atoms with E-state index in [9.17, 15) is 0 Å². The van der Waals surface area contributed by atoms with Gasteiger partial charge in [-0.05, 0) is 25.8 Å². The number of hydrogen-bond acceptors (Lipinski definition) is 7. The zero-order valence-electron chi connectivity index (χ0n) is 15.3. The molecule has 1 saturated heterocycles. The van der Waals surface area contributed by atoms with Crippen molar-refractivity contribution in [3.63, 3.8) is 0 Å². The summed E-state index contributed by atoms with van der Waals surface area (Å²) in [7, 11) is 0. The molecule has 1 aliphatic carbocycles. The van der Waals surface area contributed by atoms with Crippen molar-refractivity contribution < 1.29 is 4.74 Å². The Labute approximate surface area is 154 Å². The van der Waals surface area contributed by atoms with E-state index in [1.165, 1.54) is 25.0 Å². The number of ether oxygens (including phenoxy) is 1. The van der Waals surface area contributed by atoms with Crippen molar-refractivity contribution in [1.29, 1.82) is 0 Å². The molecule has 0 unspecified atom stereocenters.